The molecule has 0 spiro atoms. The topological polar surface area (TPSA) is 115 Å². The SMILES string of the molecule is C=CCOC(=O)NCCC[C@H]1C(=O)N([C@@H](C)c2ccccc2)C[C@H]2N1C(=O)CN(C)N2C(=O)NCc1ccc(F)cc1. The fraction of sp³-hybridized carbons (Fsp3) is 0.400. The Hall–Kier alpha value is -4.45. The van der Waals surface area contributed by atoms with Gasteiger partial charge < -0.3 is 25.2 Å². The molecule has 5 amide bonds. The van der Waals surface area contributed by atoms with Crippen LogP contribution < -0.4 is 10.6 Å². The van der Waals surface area contributed by atoms with E-state index in [0.717, 1.165) is 5.56 Å². The molecule has 0 radical (unpaired) electrons. The number of amides is 5. The summed E-state index contributed by atoms with van der Waals surface area (Å²) in [5.41, 5.74) is 1.64. The van der Waals surface area contributed by atoms with Crippen molar-refractivity contribution in [3.05, 3.63) is 84.2 Å². The lowest BCUT2D eigenvalue weighted by atomic mass is 9.98. The third kappa shape index (κ3) is 7.06. The van der Waals surface area contributed by atoms with Gasteiger partial charge in [0.1, 0.15) is 24.6 Å². The molecule has 12 heteroatoms. The number of piperazine rings is 1. The Morgan fingerprint density at radius 2 is 1.83 bits per heavy atom. The number of nitrogens with zero attached hydrogens (tertiary/aromatic N) is 4. The minimum Gasteiger partial charge on any atom is -0.445 e. The van der Waals surface area contributed by atoms with Gasteiger partial charge >= 0.3 is 12.1 Å². The van der Waals surface area contributed by atoms with E-state index in [2.05, 4.69) is 17.2 Å². The smallest absolute Gasteiger partial charge is 0.407 e. The van der Waals surface area contributed by atoms with Crippen molar-refractivity contribution in [2.45, 2.75) is 44.6 Å². The third-order valence-corrected chi connectivity index (χ3v) is 7.46. The summed E-state index contributed by atoms with van der Waals surface area (Å²) in [6.45, 7) is 5.92. The van der Waals surface area contributed by atoms with Crippen molar-refractivity contribution in [2.24, 2.45) is 0 Å². The molecule has 2 aromatic carbocycles. The summed E-state index contributed by atoms with van der Waals surface area (Å²) in [4.78, 5) is 56.0. The first kappa shape index (κ1) is 30.5. The molecule has 11 nitrogen and oxygen atoms in total. The number of likely N-dealkylation sites (N-methyl/N-ethyl adjacent to an activating group) is 1. The molecule has 0 saturated carbocycles. The molecule has 2 aromatic rings. The molecule has 224 valence electrons. The van der Waals surface area contributed by atoms with Crippen LogP contribution in [0.15, 0.2) is 67.3 Å². The highest BCUT2D eigenvalue weighted by atomic mass is 19.1. The number of benzene rings is 2. The second-order valence-corrected chi connectivity index (χ2v) is 10.3. The summed E-state index contributed by atoms with van der Waals surface area (Å²) < 4.78 is 18.3. The number of carbonyl (C=O) groups is 4. The van der Waals surface area contributed by atoms with Crippen LogP contribution in [0.25, 0.3) is 0 Å². The van der Waals surface area contributed by atoms with Gasteiger partial charge in [-0.3, -0.25) is 9.59 Å². The molecule has 2 aliphatic rings. The van der Waals surface area contributed by atoms with Gasteiger partial charge in [-0.05, 0) is 43.0 Å². The van der Waals surface area contributed by atoms with Crippen molar-refractivity contribution < 1.29 is 28.3 Å². The van der Waals surface area contributed by atoms with E-state index in [9.17, 15) is 23.6 Å². The normalized spacial score (nSPS) is 19.6. The maximum atomic E-state index is 14.0. The predicted octanol–water partition coefficient (Wildman–Crippen LogP) is 3.02. The number of hydrazine groups is 1. The lowest BCUT2D eigenvalue weighted by Crippen LogP contribution is -2.76. The number of rotatable bonds is 10. The molecular weight excluding hydrogens is 543 g/mol. The summed E-state index contributed by atoms with van der Waals surface area (Å²) in [5, 5.41) is 8.53. The van der Waals surface area contributed by atoms with Gasteiger partial charge in [0.05, 0.1) is 19.1 Å². The first-order chi connectivity index (χ1) is 20.2. The number of halogens is 1. The Labute approximate surface area is 244 Å². The molecule has 42 heavy (non-hydrogen) atoms. The quantitative estimate of drug-likeness (QED) is 0.330. The largest absolute Gasteiger partial charge is 0.445 e. The number of ether oxygens (including phenoxy) is 1. The van der Waals surface area contributed by atoms with Crippen LogP contribution in [0, 0.1) is 5.82 Å². The predicted molar refractivity (Wildman–Crippen MR) is 153 cm³/mol. The fourth-order valence-corrected chi connectivity index (χ4v) is 5.33. The van der Waals surface area contributed by atoms with Gasteiger partial charge in [0, 0.05) is 20.1 Å². The van der Waals surface area contributed by atoms with Crippen molar-refractivity contribution in [1.29, 1.82) is 0 Å². The van der Waals surface area contributed by atoms with Crippen molar-refractivity contribution in [2.75, 3.05) is 33.3 Å². The van der Waals surface area contributed by atoms with E-state index < -0.39 is 24.3 Å². The molecule has 2 fully saturated rings. The molecule has 0 bridgehead atoms. The minimum absolute atomic E-state index is 0.0792. The van der Waals surface area contributed by atoms with Crippen molar-refractivity contribution in [1.82, 2.24) is 30.5 Å². The highest BCUT2D eigenvalue weighted by Crippen LogP contribution is 2.32. The molecule has 2 aliphatic heterocycles. The van der Waals surface area contributed by atoms with E-state index >= 15 is 0 Å². The van der Waals surface area contributed by atoms with Crippen LogP contribution in [0.5, 0.6) is 0 Å². The lowest BCUT2D eigenvalue weighted by Gasteiger charge is -2.55. The summed E-state index contributed by atoms with van der Waals surface area (Å²) in [7, 11) is 1.65. The number of alkyl carbamates (subject to hydrolysis) is 1. The van der Waals surface area contributed by atoms with Gasteiger partial charge in [0.2, 0.25) is 11.8 Å². The van der Waals surface area contributed by atoms with Crippen molar-refractivity contribution in [3.63, 3.8) is 0 Å². The molecule has 2 N–H and O–H groups in total. The van der Waals surface area contributed by atoms with Gasteiger partial charge in [-0.1, -0.05) is 55.1 Å². The Morgan fingerprint density at radius 1 is 1.12 bits per heavy atom. The highest BCUT2D eigenvalue weighted by molar-refractivity contribution is 5.91. The van der Waals surface area contributed by atoms with E-state index in [-0.39, 0.29) is 62.9 Å². The zero-order chi connectivity index (χ0) is 30.2. The first-order valence-electron chi connectivity index (χ1n) is 13.9. The van der Waals surface area contributed by atoms with Crippen LogP contribution in [0.4, 0.5) is 14.0 Å². The van der Waals surface area contributed by atoms with Gasteiger partial charge in [-0.15, -0.1) is 0 Å². The summed E-state index contributed by atoms with van der Waals surface area (Å²) in [5.74, 6) is -0.861. The van der Waals surface area contributed by atoms with Crippen molar-refractivity contribution >= 4 is 23.9 Å². The van der Waals surface area contributed by atoms with E-state index in [0.29, 0.717) is 12.0 Å². The van der Waals surface area contributed by atoms with Crippen LogP contribution in [0.1, 0.15) is 36.9 Å². The lowest BCUT2D eigenvalue weighted by molar-refractivity contribution is -0.189. The molecule has 4 rings (SSSR count). The third-order valence-electron chi connectivity index (χ3n) is 7.46. The Bertz CT molecular complexity index is 1280. The Kier molecular flexibility index (Phi) is 10.1. The number of hydrogen-bond acceptors (Lipinski definition) is 6. The van der Waals surface area contributed by atoms with Crippen molar-refractivity contribution in [3.8, 4) is 0 Å². The zero-order valence-corrected chi connectivity index (χ0v) is 23.9. The average molecular weight is 581 g/mol. The number of hydrogen-bond donors (Lipinski definition) is 2. The Morgan fingerprint density at radius 3 is 2.52 bits per heavy atom. The maximum absolute atomic E-state index is 14.0. The zero-order valence-electron chi connectivity index (χ0n) is 23.9. The molecule has 0 aliphatic carbocycles. The van der Waals surface area contributed by atoms with Gasteiger partial charge in [-0.25, -0.2) is 24.0 Å². The number of urea groups is 1. The van der Waals surface area contributed by atoms with E-state index in [1.807, 2.05) is 37.3 Å². The van der Waals surface area contributed by atoms with Gasteiger partial charge in [-0.2, -0.15) is 0 Å². The fourth-order valence-electron chi connectivity index (χ4n) is 5.33. The van der Waals surface area contributed by atoms with E-state index in [1.54, 1.807) is 29.1 Å². The molecule has 2 heterocycles. The standard InChI is InChI=1S/C30H37FN6O5/c1-4-17-42-30(41)32-16-8-11-25-28(39)35(21(2)23-9-6-5-7-10-23)19-26-36(25)27(38)20-34(3)37(26)29(40)33-18-22-12-14-24(31)15-13-22/h4-7,9-10,12-15,21,25-26H,1,8,11,16-20H2,2-3H3,(H,32,41)(H,33,40)/t21-,25-,26-/m0/s1. The molecular formula is C30H37FN6O5. The van der Waals surface area contributed by atoms with E-state index in [1.165, 1.54) is 28.1 Å². The summed E-state index contributed by atoms with van der Waals surface area (Å²) in [6, 6.07) is 13.8. The average Bonchev–Trinajstić information content (AvgIpc) is 2.98. The van der Waals surface area contributed by atoms with Gasteiger partial charge in [0.25, 0.3) is 0 Å². The second kappa shape index (κ2) is 13.9. The Balaban J connectivity index is 1.56. The van der Waals surface area contributed by atoms with Crippen LogP contribution >= 0.6 is 0 Å². The molecule has 0 unspecified atom stereocenters. The number of nitrogens with one attached hydrogen (secondary N) is 2. The summed E-state index contributed by atoms with van der Waals surface area (Å²) in [6.07, 6.45) is 0.778. The first-order valence-corrected chi connectivity index (χ1v) is 13.9. The number of carbonyl (C=O) groups excluding carboxylic acids is 4. The summed E-state index contributed by atoms with van der Waals surface area (Å²) >= 11 is 0. The minimum atomic E-state index is -0.838. The van der Waals surface area contributed by atoms with Crippen LogP contribution in [-0.4, -0.2) is 89.3 Å². The molecule has 3 atom stereocenters. The molecule has 0 aromatic heterocycles. The molecule has 2 saturated heterocycles. The highest BCUT2D eigenvalue weighted by Gasteiger charge is 2.51. The maximum Gasteiger partial charge on any atom is 0.407 e. The van der Waals surface area contributed by atoms with Crippen LogP contribution in [0.3, 0.4) is 0 Å². The number of fused-ring (bicyclic) bond motifs is 1. The van der Waals surface area contributed by atoms with E-state index in [4.69, 9.17) is 4.74 Å². The second-order valence-electron chi connectivity index (χ2n) is 10.3. The monoisotopic (exact) mass is 580 g/mol. The van der Waals surface area contributed by atoms with Crippen LogP contribution in [0.2, 0.25) is 0 Å². The van der Waals surface area contributed by atoms with Crippen LogP contribution in [-0.2, 0) is 20.9 Å². The van der Waals surface area contributed by atoms with Gasteiger partial charge in [0.15, 0.2) is 0 Å².